The lowest BCUT2D eigenvalue weighted by molar-refractivity contribution is -0.183. The molecule has 0 amide bonds. The van der Waals surface area contributed by atoms with Crippen molar-refractivity contribution < 1.29 is 24.1 Å². The van der Waals surface area contributed by atoms with Gasteiger partial charge >= 0.3 is 5.97 Å². The molecule has 198 valence electrons. The van der Waals surface area contributed by atoms with Gasteiger partial charge in [-0.05, 0) is 79.8 Å². The number of esters is 1. The summed E-state index contributed by atoms with van der Waals surface area (Å²) >= 11 is 6.23. The highest BCUT2D eigenvalue weighted by atomic mass is 35.5. The number of carbonyl (C=O) groups is 1. The van der Waals surface area contributed by atoms with Crippen molar-refractivity contribution in [2.24, 2.45) is 5.92 Å². The summed E-state index contributed by atoms with van der Waals surface area (Å²) in [6.07, 6.45) is 6.44. The van der Waals surface area contributed by atoms with Gasteiger partial charge in [-0.15, -0.1) is 0 Å². The standard InChI is InChI=1S/C30H36ClNO5/c1-20(19-33)15-23-16-21-7-8-22(27-36-13-4-14-37-27)17-26(21)29(23)9-11-30(12-10-29,28(34)35-2)32-25-6-3-5-24(31)18-25/h3,5-8,16-18,20,27,32-33H,4,9-15,19H2,1-2H3/t20-,29?,30?/m1/s1. The second kappa shape index (κ2) is 10.8. The molecule has 7 heteroatoms. The number of benzene rings is 2. The number of anilines is 1. The van der Waals surface area contributed by atoms with Crippen LogP contribution in [0.5, 0.6) is 0 Å². The first-order chi connectivity index (χ1) is 17.9. The number of aliphatic hydroxyl groups is 1. The van der Waals surface area contributed by atoms with Crippen LogP contribution >= 0.6 is 11.6 Å². The highest BCUT2D eigenvalue weighted by Crippen LogP contribution is 2.55. The van der Waals surface area contributed by atoms with Crippen LogP contribution in [0.4, 0.5) is 5.69 Å². The predicted molar refractivity (Wildman–Crippen MR) is 145 cm³/mol. The lowest BCUT2D eigenvalue weighted by atomic mass is 9.61. The number of allylic oxidation sites excluding steroid dienone is 1. The van der Waals surface area contributed by atoms with Gasteiger partial charge in [0, 0.05) is 28.3 Å². The van der Waals surface area contributed by atoms with Crippen LogP contribution in [0.25, 0.3) is 6.08 Å². The average Bonchev–Trinajstić information content (AvgIpc) is 3.21. The summed E-state index contributed by atoms with van der Waals surface area (Å²) in [6, 6.07) is 14.0. The van der Waals surface area contributed by atoms with Crippen molar-refractivity contribution in [3.8, 4) is 0 Å². The van der Waals surface area contributed by atoms with Gasteiger partial charge in [-0.3, -0.25) is 0 Å². The first-order valence-corrected chi connectivity index (χ1v) is 13.6. The third-order valence-corrected chi connectivity index (χ3v) is 8.49. The molecule has 0 aromatic heterocycles. The molecule has 1 saturated carbocycles. The molecule has 1 spiro atoms. The molecule has 1 atom stereocenters. The Kier molecular flexibility index (Phi) is 7.64. The maximum atomic E-state index is 13.2. The van der Waals surface area contributed by atoms with E-state index in [1.54, 1.807) is 0 Å². The van der Waals surface area contributed by atoms with Gasteiger partial charge in [0.05, 0.1) is 20.3 Å². The number of hydrogen-bond acceptors (Lipinski definition) is 6. The molecule has 2 N–H and O–H groups in total. The van der Waals surface area contributed by atoms with E-state index in [9.17, 15) is 9.90 Å². The van der Waals surface area contributed by atoms with Gasteiger partial charge in [0.1, 0.15) is 5.54 Å². The summed E-state index contributed by atoms with van der Waals surface area (Å²) < 4.78 is 17.1. The van der Waals surface area contributed by atoms with Crippen LogP contribution in [0.1, 0.15) is 68.4 Å². The summed E-state index contributed by atoms with van der Waals surface area (Å²) in [5, 5.41) is 13.9. The van der Waals surface area contributed by atoms with Gasteiger partial charge in [-0.2, -0.15) is 0 Å². The van der Waals surface area contributed by atoms with Gasteiger partial charge in [0.2, 0.25) is 0 Å². The van der Waals surface area contributed by atoms with E-state index in [1.807, 2.05) is 24.3 Å². The molecule has 5 rings (SSSR count). The van der Waals surface area contributed by atoms with Gasteiger partial charge in [-0.1, -0.05) is 48.4 Å². The lowest BCUT2D eigenvalue weighted by Gasteiger charge is -2.46. The van der Waals surface area contributed by atoms with Crippen LogP contribution in [0.2, 0.25) is 5.02 Å². The molecule has 0 bridgehead atoms. The number of methoxy groups -OCH3 is 1. The Morgan fingerprint density at radius 2 is 1.92 bits per heavy atom. The fraction of sp³-hybridized carbons (Fsp3) is 0.500. The van der Waals surface area contributed by atoms with E-state index >= 15 is 0 Å². The minimum absolute atomic E-state index is 0.140. The van der Waals surface area contributed by atoms with Crippen molar-refractivity contribution in [2.45, 2.75) is 62.7 Å². The highest BCUT2D eigenvalue weighted by molar-refractivity contribution is 6.30. The molecule has 1 aliphatic heterocycles. The van der Waals surface area contributed by atoms with Crippen LogP contribution in [-0.2, 0) is 24.4 Å². The first kappa shape index (κ1) is 26.2. The second-order valence-corrected chi connectivity index (χ2v) is 11.2. The molecule has 3 aliphatic rings. The Labute approximate surface area is 223 Å². The summed E-state index contributed by atoms with van der Waals surface area (Å²) in [6.45, 7) is 3.61. The molecular weight excluding hydrogens is 490 g/mol. The van der Waals surface area contributed by atoms with Crippen LogP contribution in [0, 0.1) is 5.92 Å². The van der Waals surface area contributed by atoms with Crippen molar-refractivity contribution in [3.63, 3.8) is 0 Å². The number of rotatable bonds is 7. The van der Waals surface area contributed by atoms with Crippen molar-refractivity contribution in [3.05, 3.63) is 69.8 Å². The Hall–Kier alpha value is -2.38. The van der Waals surface area contributed by atoms with E-state index in [-0.39, 0.29) is 30.2 Å². The number of ether oxygens (including phenoxy) is 3. The third-order valence-electron chi connectivity index (χ3n) is 8.26. The van der Waals surface area contributed by atoms with E-state index in [0.717, 1.165) is 36.9 Å². The Morgan fingerprint density at radius 1 is 1.16 bits per heavy atom. The van der Waals surface area contributed by atoms with Gasteiger partial charge in [0.25, 0.3) is 0 Å². The van der Waals surface area contributed by atoms with E-state index in [4.69, 9.17) is 25.8 Å². The summed E-state index contributed by atoms with van der Waals surface area (Å²) in [7, 11) is 1.45. The van der Waals surface area contributed by atoms with Crippen LogP contribution in [-0.4, -0.2) is 43.5 Å². The van der Waals surface area contributed by atoms with Crippen molar-refractivity contribution >= 4 is 29.3 Å². The zero-order valence-electron chi connectivity index (χ0n) is 21.6. The fourth-order valence-corrected chi connectivity index (χ4v) is 6.44. The smallest absolute Gasteiger partial charge is 0.331 e. The molecule has 2 aromatic carbocycles. The van der Waals surface area contributed by atoms with Crippen LogP contribution in [0.3, 0.4) is 0 Å². The number of nitrogens with one attached hydrogen (secondary N) is 1. The lowest BCUT2D eigenvalue weighted by Crippen LogP contribution is -2.52. The maximum Gasteiger partial charge on any atom is 0.331 e. The molecule has 2 aromatic rings. The van der Waals surface area contributed by atoms with E-state index in [2.05, 4.69) is 36.5 Å². The molecule has 2 fully saturated rings. The van der Waals surface area contributed by atoms with Gasteiger partial charge < -0.3 is 24.6 Å². The Morgan fingerprint density at radius 3 is 2.59 bits per heavy atom. The number of halogens is 1. The monoisotopic (exact) mass is 525 g/mol. The topological polar surface area (TPSA) is 77.0 Å². The number of fused-ring (bicyclic) bond motifs is 2. The van der Waals surface area contributed by atoms with E-state index < -0.39 is 5.54 Å². The molecule has 1 heterocycles. The van der Waals surface area contributed by atoms with Crippen molar-refractivity contribution in [2.75, 3.05) is 32.2 Å². The Bertz CT molecular complexity index is 1160. The predicted octanol–water partition coefficient (Wildman–Crippen LogP) is 6.03. The number of carbonyl (C=O) groups excluding carboxylic acids is 1. The summed E-state index contributed by atoms with van der Waals surface area (Å²) in [5.41, 5.74) is 4.58. The average molecular weight is 526 g/mol. The number of hydrogen-bond donors (Lipinski definition) is 2. The quantitative estimate of drug-likeness (QED) is 0.430. The zero-order valence-corrected chi connectivity index (χ0v) is 22.4. The molecule has 6 nitrogen and oxygen atoms in total. The molecular formula is C30H36ClNO5. The van der Waals surface area contributed by atoms with Crippen molar-refractivity contribution in [1.29, 1.82) is 0 Å². The SMILES string of the molecule is COC(=O)C1(Nc2cccc(Cl)c2)CCC2(CC1)C(C[C@@H](C)CO)=Cc1ccc(C3OCCCO3)cc12. The minimum Gasteiger partial charge on any atom is -0.467 e. The minimum atomic E-state index is -0.839. The second-order valence-electron chi connectivity index (χ2n) is 10.7. The van der Waals surface area contributed by atoms with Gasteiger partial charge in [-0.25, -0.2) is 4.79 Å². The molecule has 0 radical (unpaired) electrons. The highest BCUT2D eigenvalue weighted by Gasteiger charge is 2.52. The normalized spacial score (nSPS) is 26.4. The van der Waals surface area contributed by atoms with Crippen molar-refractivity contribution in [1.82, 2.24) is 0 Å². The number of aliphatic hydroxyl groups excluding tert-OH is 1. The largest absolute Gasteiger partial charge is 0.467 e. The van der Waals surface area contributed by atoms with E-state index in [0.29, 0.717) is 31.1 Å². The summed E-state index contributed by atoms with van der Waals surface area (Å²) in [5.74, 6) is -0.105. The van der Waals surface area contributed by atoms with Gasteiger partial charge in [0.15, 0.2) is 6.29 Å². The molecule has 0 unspecified atom stereocenters. The summed E-state index contributed by atoms with van der Waals surface area (Å²) in [4.78, 5) is 13.2. The Balaban J connectivity index is 1.48. The van der Waals surface area contributed by atoms with E-state index in [1.165, 1.54) is 23.8 Å². The maximum absolute atomic E-state index is 13.2. The zero-order chi connectivity index (χ0) is 26.0. The first-order valence-electron chi connectivity index (χ1n) is 13.2. The fourth-order valence-electron chi connectivity index (χ4n) is 6.25. The molecule has 2 aliphatic carbocycles. The van der Waals surface area contributed by atoms with Crippen LogP contribution in [0.15, 0.2) is 48.0 Å². The molecule has 37 heavy (non-hydrogen) atoms. The molecule has 1 saturated heterocycles. The van der Waals surface area contributed by atoms with Crippen LogP contribution < -0.4 is 5.32 Å². The third kappa shape index (κ3) is 5.05.